The van der Waals surface area contributed by atoms with Gasteiger partial charge in [0, 0.05) is 67.1 Å². The van der Waals surface area contributed by atoms with E-state index in [1.807, 2.05) is 54.6 Å². The summed E-state index contributed by atoms with van der Waals surface area (Å²) in [6.07, 6.45) is 8.63. The van der Waals surface area contributed by atoms with E-state index in [4.69, 9.17) is 0 Å². The third-order valence-corrected chi connectivity index (χ3v) is 12.0. The Morgan fingerprint density at radius 2 is 0.823 bits per heavy atom. The van der Waals surface area contributed by atoms with Crippen molar-refractivity contribution in [3.8, 4) is 17.8 Å². The molecule has 0 saturated heterocycles. The molecule has 0 bridgehead atoms. The van der Waals surface area contributed by atoms with Crippen LogP contribution < -0.4 is 9.80 Å². The quantitative estimate of drug-likeness (QED) is 0.154. The fraction of sp³-hybridized carbons (Fsp3) is 0.0357. The zero-order valence-corrected chi connectivity index (χ0v) is 33.7. The lowest BCUT2D eigenvalue weighted by molar-refractivity contribution is 0.979. The number of nitriles is 2. The van der Waals surface area contributed by atoms with Crippen LogP contribution in [0.3, 0.4) is 0 Å². The maximum Gasteiger partial charge on any atom is 0.0991 e. The number of allylic oxidation sites excluding steroid dienone is 4. The summed E-state index contributed by atoms with van der Waals surface area (Å²) in [7, 11) is 0. The van der Waals surface area contributed by atoms with Gasteiger partial charge in [-0.2, -0.15) is 10.5 Å². The fourth-order valence-corrected chi connectivity index (χ4v) is 9.16. The van der Waals surface area contributed by atoms with Crippen LogP contribution in [-0.2, 0) is 0 Å². The standard InChI is InChI=1S/C56H38N6/c57-37-39-19-23-43(24-20-39)59(47-31-33-55-51(35-47)49-15-7-9-17-53(49)61(55)41-11-3-1-4-12-41)45-27-29-46(30-28-45)60(44-25-21-40(38-58)22-26-44)48-32-34-56-52(36-48)50-16-8-10-18-54(50)62(56)42-13-5-2-6-14-42/h1-5,7-13,15-36H,6,14H2. The Morgan fingerprint density at radius 3 is 1.31 bits per heavy atom. The molecular formula is C56H38N6. The maximum atomic E-state index is 9.70. The van der Waals surface area contributed by atoms with E-state index in [1.54, 1.807) is 0 Å². The van der Waals surface area contributed by atoms with Crippen LogP contribution >= 0.6 is 0 Å². The number of nitrogens with zero attached hydrogens (tertiary/aromatic N) is 6. The lowest BCUT2D eigenvalue weighted by Gasteiger charge is -2.28. The Hall–Kier alpha value is -8.58. The highest BCUT2D eigenvalue weighted by Gasteiger charge is 2.21. The molecule has 0 amide bonds. The zero-order valence-electron chi connectivity index (χ0n) is 33.7. The summed E-state index contributed by atoms with van der Waals surface area (Å²) in [6, 6.07) is 69.9. The molecule has 292 valence electrons. The van der Waals surface area contributed by atoms with Crippen LogP contribution in [0.15, 0.2) is 206 Å². The first kappa shape index (κ1) is 36.5. The van der Waals surface area contributed by atoms with Gasteiger partial charge in [0.05, 0.1) is 45.3 Å². The molecule has 0 N–H and O–H groups in total. The Labute approximate surface area is 359 Å². The van der Waals surface area contributed by atoms with Gasteiger partial charge in [-0.05, 0) is 152 Å². The molecule has 6 heteroatoms. The van der Waals surface area contributed by atoms with Crippen molar-refractivity contribution in [1.82, 2.24) is 9.13 Å². The van der Waals surface area contributed by atoms with E-state index < -0.39 is 0 Å². The van der Waals surface area contributed by atoms with Gasteiger partial charge >= 0.3 is 0 Å². The van der Waals surface area contributed by atoms with Gasteiger partial charge in [0.25, 0.3) is 0 Å². The number of rotatable bonds is 8. The first-order valence-electron chi connectivity index (χ1n) is 20.9. The molecule has 8 aromatic carbocycles. The number of hydrogen-bond acceptors (Lipinski definition) is 4. The van der Waals surface area contributed by atoms with Gasteiger partial charge in [0.2, 0.25) is 0 Å². The van der Waals surface area contributed by atoms with Crippen LogP contribution in [0, 0.1) is 22.7 Å². The van der Waals surface area contributed by atoms with Crippen LogP contribution in [0.1, 0.15) is 24.0 Å². The van der Waals surface area contributed by atoms with E-state index in [2.05, 4.69) is 183 Å². The number of para-hydroxylation sites is 3. The molecule has 0 saturated carbocycles. The summed E-state index contributed by atoms with van der Waals surface area (Å²) >= 11 is 0. The van der Waals surface area contributed by atoms with Gasteiger partial charge in [-0.15, -0.1) is 0 Å². The van der Waals surface area contributed by atoms with Gasteiger partial charge in [-0.25, -0.2) is 0 Å². The number of anilines is 6. The van der Waals surface area contributed by atoms with Crippen molar-refractivity contribution in [1.29, 1.82) is 10.5 Å². The van der Waals surface area contributed by atoms with E-state index in [9.17, 15) is 10.5 Å². The van der Waals surface area contributed by atoms with Crippen LogP contribution in [0.5, 0.6) is 0 Å². The molecule has 11 rings (SSSR count). The number of fused-ring (bicyclic) bond motifs is 6. The summed E-state index contributed by atoms with van der Waals surface area (Å²) < 4.78 is 4.74. The second-order valence-electron chi connectivity index (χ2n) is 15.6. The molecule has 10 aromatic rings. The van der Waals surface area contributed by atoms with E-state index >= 15 is 0 Å². The Morgan fingerprint density at radius 1 is 0.403 bits per heavy atom. The topological polar surface area (TPSA) is 63.9 Å². The fourth-order valence-electron chi connectivity index (χ4n) is 9.16. The van der Waals surface area contributed by atoms with Crippen molar-refractivity contribution in [2.45, 2.75) is 12.8 Å². The molecule has 0 spiro atoms. The first-order valence-corrected chi connectivity index (χ1v) is 20.9. The highest BCUT2D eigenvalue weighted by molar-refractivity contribution is 6.12. The maximum absolute atomic E-state index is 9.70. The highest BCUT2D eigenvalue weighted by atomic mass is 15.2. The second-order valence-corrected chi connectivity index (χ2v) is 15.6. The largest absolute Gasteiger partial charge is 0.313 e. The number of benzene rings is 8. The predicted molar refractivity (Wildman–Crippen MR) is 255 cm³/mol. The predicted octanol–water partition coefficient (Wildman–Crippen LogP) is 14.8. The lowest BCUT2D eigenvalue weighted by atomic mass is 10.1. The molecule has 0 atom stereocenters. The van der Waals surface area contributed by atoms with Gasteiger partial charge < -0.3 is 18.9 Å². The second kappa shape index (κ2) is 15.2. The third-order valence-electron chi connectivity index (χ3n) is 12.0. The van der Waals surface area contributed by atoms with Crippen LogP contribution in [0.4, 0.5) is 34.1 Å². The Bertz CT molecular complexity index is 3470. The molecule has 0 unspecified atom stereocenters. The summed E-state index contributed by atoms with van der Waals surface area (Å²) in [5.41, 5.74) is 14.1. The Balaban J connectivity index is 1.05. The third kappa shape index (κ3) is 6.18. The molecule has 6 nitrogen and oxygen atoms in total. The van der Waals surface area contributed by atoms with Crippen LogP contribution in [-0.4, -0.2) is 9.13 Å². The zero-order chi connectivity index (χ0) is 41.6. The van der Waals surface area contributed by atoms with Crippen molar-refractivity contribution in [2.75, 3.05) is 9.80 Å². The summed E-state index contributed by atoms with van der Waals surface area (Å²) in [6.45, 7) is 0. The van der Waals surface area contributed by atoms with Crippen LogP contribution in [0.25, 0.3) is 55.0 Å². The first-order chi connectivity index (χ1) is 30.7. The lowest BCUT2D eigenvalue weighted by Crippen LogP contribution is -2.12. The van der Waals surface area contributed by atoms with Gasteiger partial charge in [-0.1, -0.05) is 66.7 Å². The molecule has 2 heterocycles. The average molecular weight is 795 g/mol. The van der Waals surface area contributed by atoms with Crippen LogP contribution in [0.2, 0.25) is 0 Å². The van der Waals surface area contributed by atoms with E-state index in [1.165, 1.54) is 32.9 Å². The van der Waals surface area contributed by atoms with Gasteiger partial charge in [0.1, 0.15) is 0 Å². The van der Waals surface area contributed by atoms with Crippen molar-refractivity contribution in [3.63, 3.8) is 0 Å². The number of aromatic nitrogens is 2. The molecule has 62 heavy (non-hydrogen) atoms. The van der Waals surface area contributed by atoms with Crippen molar-refractivity contribution < 1.29 is 0 Å². The van der Waals surface area contributed by atoms with Crippen molar-refractivity contribution in [3.05, 3.63) is 217 Å². The summed E-state index contributed by atoms with van der Waals surface area (Å²) in [5.74, 6) is 0. The molecule has 2 aromatic heterocycles. The molecule has 0 radical (unpaired) electrons. The SMILES string of the molecule is N#Cc1ccc(N(c2ccc(N(c3ccc(C#N)cc3)c3ccc4c(c3)c3ccccc3n4-c3ccccc3)cc2)c2ccc3c(c2)c2ccccc2n3C2=CC=CCC2)cc1. The minimum absolute atomic E-state index is 0.607. The summed E-state index contributed by atoms with van der Waals surface area (Å²) in [4.78, 5) is 4.51. The smallest absolute Gasteiger partial charge is 0.0991 e. The van der Waals surface area contributed by atoms with Gasteiger partial charge in [0.15, 0.2) is 0 Å². The minimum Gasteiger partial charge on any atom is -0.313 e. The minimum atomic E-state index is 0.607. The monoisotopic (exact) mass is 794 g/mol. The van der Waals surface area contributed by atoms with Crippen molar-refractivity contribution in [2.24, 2.45) is 0 Å². The normalized spacial score (nSPS) is 12.4. The molecule has 0 fully saturated rings. The van der Waals surface area contributed by atoms with E-state index in [-0.39, 0.29) is 0 Å². The van der Waals surface area contributed by atoms with E-state index in [0.29, 0.717) is 11.1 Å². The highest BCUT2D eigenvalue weighted by Crippen LogP contribution is 2.43. The van der Waals surface area contributed by atoms with Gasteiger partial charge in [-0.3, -0.25) is 0 Å². The number of hydrogen-bond donors (Lipinski definition) is 0. The average Bonchev–Trinajstić information content (AvgIpc) is 3.85. The molecular weight excluding hydrogens is 757 g/mol. The Kier molecular flexibility index (Phi) is 8.96. The molecule has 1 aliphatic carbocycles. The van der Waals surface area contributed by atoms with E-state index in [0.717, 1.165) is 69.1 Å². The molecule has 1 aliphatic rings. The summed E-state index contributed by atoms with van der Waals surface area (Å²) in [5, 5.41) is 24.1. The molecule has 0 aliphatic heterocycles. The van der Waals surface area contributed by atoms with Crippen molar-refractivity contribution >= 4 is 83.4 Å².